The number of carbonyl (C=O) groups is 1. The fourth-order valence-corrected chi connectivity index (χ4v) is 4.63. The van der Waals surface area contributed by atoms with Gasteiger partial charge in [0.2, 0.25) is 5.91 Å². The van der Waals surface area contributed by atoms with Crippen molar-refractivity contribution in [3.63, 3.8) is 0 Å². The Morgan fingerprint density at radius 3 is 3.08 bits per heavy atom. The van der Waals surface area contributed by atoms with Crippen molar-refractivity contribution >= 4 is 5.91 Å². The van der Waals surface area contributed by atoms with Crippen molar-refractivity contribution in [2.45, 2.75) is 38.1 Å². The summed E-state index contributed by atoms with van der Waals surface area (Å²) in [6, 6.07) is 4.49. The van der Waals surface area contributed by atoms with Crippen LogP contribution >= 0.6 is 0 Å². The number of rotatable bonds is 3. The van der Waals surface area contributed by atoms with Crippen LogP contribution in [0.2, 0.25) is 0 Å². The first-order valence-corrected chi connectivity index (χ1v) is 9.23. The average molecular weight is 329 g/mol. The van der Waals surface area contributed by atoms with Crippen molar-refractivity contribution in [2.75, 3.05) is 39.4 Å². The Labute approximate surface area is 144 Å². The van der Waals surface area contributed by atoms with Crippen LogP contribution in [0.15, 0.2) is 24.5 Å². The van der Waals surface area contributed by atoms with Crippen LogP contribution in [-0.2, 0) is 16.0 Å². The highest BCUT2D eigenvalue weighted by Gasteiger charge is 2.44. The van der Waals surface area contributed by atoms with Crippen LogP contribution in [-0.4, -0.2) is 66.1 Å². The number of likely N-dealkylation sites (tertiary alicyclic amines) is 2. The van der Waals surface area contributed by atoms with E-state index in [2.05, 4.69) is 14.8 Å². The maximum atomic E-state index is 12.7. The molecule has 2 atom stereocenters. The minimum atomic E-state index is 0.254. The second-order valence-corrected chi connectivity index (χ2v) is 7.69. The van der Waals surface area contributed by atoms with E-state index in [1.807, 2.05) is 12.1 Å². The maximum Gasteiger partial charge on any atom is 0.227 e. The van der Waals surface area contributed by atoms with Gasteiger partial charge in [-0.15, -0.1) is 0 Å². The molecule has 24 heavy (non-hydrogen) atoms. The lowest BCUT2D eigenvalue weighted by Crippen LogP contribution is -2.48. The van der Waals surface area contributed by atoms with Gasteiger partial charge in [0.15, 0.2) is 0 Å². The smallest absolute Gasteiger partial charge is 0.227 e. The molecular weight excluding hydrogens is 302 g/mol. The summed E-state index contributed by atoms with van der Waals surface area (Å²) in [6.45, 7) is 5.93. The number of pyridine rings is 1. The largest absolute Gasteiger partial charge is 0.380 e. The van der Waals surface area contributed by atoms with E-state index < -0.39 is 0 Å². The van der Waals surface area contributed by atoms with Gasteiger partial charge in [-0.3, -0.25) is 14.7 Å². The van der Waals surface area contributed by atoms with Crippen molar-refractivity contribution < 1.29 is 9.53 Å². The number of amides is 1. The molecule has 1 aromatic heterocycles. The van der Waals surface area contributed by atoms with Crippen LogP contribution in [0.5, 0.6) is 0 Å². The van der Waals surface area contributed by atoms with Gasteiger partial charge in [-0.1, -0.05) is 6.07 Å². The third-order valence-electron chi connectivity index (χ3n) is 5.98. The van der Waals surface area contributed by atoms with Gasteiger partial charge < -0.3 is 9.64 Å². The summed E-state index contributed by atoms with van der Waals surface area (Å²) in [4.78, 5) is 21.5. The van der Waals surface area contributed by atoms with Crippen LogP contribution in [0.1, 0.15) is 31.2 Å². The molecule has 4 rings (SSSR count). The average Bonchev–Trinajstić information content (AvgIpc) is 3.26. The third kappa shape index (κ3) is 3.33. The van der Waals surface area contributed by atoms with Crippen LogP contribution in [0.3, 0.4) is 0 Å². The molecule has 3 saturated heterocycles. The molecule has 5 nitrogen and oxygen atoms in total. The monoisotopic (exact) mass is 329 g/mol. The second-order valence-electron chi connectivity index (χ2n) is 7.69. The van der Waals surface area contributed by atoms with Crippen molar-refractivity contribution in [1.82, 2.24) is 14.8 Å². The van der Waals surface area contributed by atoms with Gasteiger partial charge in [0, 0.05) is 50.1 Å². The number of nitrogens with zero attached hydrogens (tertiary/aromatic N) is 3. The Kier molecular flexibility index (Phi) is 4.55. The molecule has 3 fully saturated rings. The van der Waals surface area contributed by atoms with Crippen molar-refractivity contribution in [3.05, 3.63) is 30.1 Å². The van der Waals surface area contributed by atoms with Crippen molar-refractivity contribution in [3.8, 4) is 0 Å². The summed E-state index contributed by atoms with van der Waals surface area (Å²) >= 11 is 0. The Morgan fingerprint density at radius 1 is 1.33 bits per heavy atom. The highest BCUT2D eigenvalue weighted by atomic mass is 16.5. The molecule has 3 aliphatic rings. The highest BCUT2D eigenvalue weighted by molar-refractivity contribution is 5.78. The number of hydrogen-bond acceptors (Lipinski definition) is 4. The molecular formula is C19H27N3O2. The minimum absolute atomic E-state index is 0.254. The summed E-state index contributed by atoms with van der Waals surface area (Å²) in [5.74, 6) is 0.254. The van der Waals surface area contributed by atoms with Crippen LogP contribution in [0.25, 0.3) is 0 Å². The van der Waals surface area contributed by atoms with Gasteiger partial charge in [0.1, 0.15) is 0 Å². The van der Waals surface area contributed by atoms with Gasteiger partial charge in [-0.25, -0.2) is 0 Å². The second kappa shape index (κ2) is 6.81. The van der Waals surface area contributed by atoms with E-state index >= 15 is 0 Å². The molecule has 5 heteroatoms. The van der Waals surface area contributed by atoms with E-state index in [0.29, 0.717) is 17.9 Å². The number of aromatic nitrogens is 1. The maximum absolute atomic E-state index is 12.7. The first-order chi connectivity index (χ1) is 11.7. The van der Waals surface area contributed by atoms with Crippen LogP contribution < -0.4 is 0 Å². The van der Waals surface area contributed by atoms with Gasteiger partial charge in [-0.2, -0.15) is 0 Å². The van der Waals surface area contributed by atoms with E-state index in [9.17, 15) is 4.79 Å². The fraction of sp³-hybridized carbons (Fsp3) is 0.684. The first kappa shape index (κ1) is 16.0. The first-order valence-electron chi connectivity index (χ1n) is 9.23. The molecule has 0 radical (unpaired) electrons. The molecule has 4 heterocycles. The summed E-state index contributed by atoms with van der Waals surface area (Å²) in [6.07, 6.45) is 8.81. The standard InChI is InChI=1S/C19H27N3O2/c23-18(11-16-3-1-7-20-12-16)22-8-2-5-19(15-22)6-9-21(14-19)17-4-10-24-13-17/h1,3,7,12,17H,2,4-6,8-11,13-15H2/t17-,19-/m1/s1. The van der Waals surface area contributed by atoms with Gasteiger partial charge >= 0.3 is 0 Å². The molecule has 1 amide bonds. The Balaban J connectivity index is 1.37. The van der Waals surface area contributed by atoms with Crippen LogP contribution in [0.4, 0.5) is 0 Å². The highest BCUT2D eigenvalue weighted by Crippen LogP contribution is 2.40. The molecule has 0 aliphatic carbocycles. The molecule has 0 bridgehead atoms. The van der Waals surface area contributed by atoms with E-state index in [-0.39, 0.29) is 5.91 Å². The SMILES string of the molecule is O=C(Cc1cccnc1)N1CCC[C@]2(CCN([C@@H]3CCOC3)C2)C1. The molecule has 0 aromatic carbocycles. The molecule has 0 unspecified atom stereocenters. The van der Waals surface area contributed by atoms with E-state index in [0.717, 1.165) is 44.8 Å². The summed E-state index contributed by atoms with van der Waals surface area (Å²) in [5, 5.41) is 0. The predicted octanol–water partition coefficient (Wildman–Crippen LogP) is 1.73. The van der Waals surface area contributed by atoms with Crippen molar-refractivity contribution in [1.29, 1.82) is 0 Å². The summed E-state index contributed by atoms with van der Waals surface area (Å²) < 4.78 is 5.56. The van der Waals surface area contributed by atoms with Gasteiger partial charge in [-0.05, 0) is 43.9 Å². The Morgan fingerprint density at radius 2 is 2.29 bits per heavy atom. The zero-order chi connectivity index (χ0) is 16.4. The quantitative estimate of drug-likeness (QED) is 0.847. The summed E-state index contributed by atoms with van der Waals surface area (Å²) in [7, 11) is 0. The van der Waals surface area contributed by atoms with Crippen LogP contribution in [0, 0.1) is 5.41 Å². The van der Waals surface area contributed by atoms with Gasteiger partial charge in [0.05, 0.1) is 13.0 Å². The van der Waals surface area contributed by atoms with Crippen molar-refractivity contribution in [2.24, 2.45) is 5.41 Å². The Bertz CT molecular complexity index is 573. The molecule has 0 N–H and O–H groups in total. The number of ether oxygens (including phenoxy) is 1. The predicted molar refractivity (Wildman–Crippen MR) is 91.6 cm³/mol. The third-order valence-corrected chi connectivity index (χ3v) is 5.98. The molecule has 3 aliphatic heterocycles. The normalized spacial score (nSPS) is 31.0. The lowest BCUT2D eigenvalue weighted by molar-refractivity contribution is -0.133. The van der Waals surface area contributed by atoms with E-state index in [1.165, 1.54) is 25.8 Å². The zero-order valence-electron chi connectivity index (χ0n) is 14.3. The molecule has 1 aromatic rings. The zero-order valence-corrected chi connectivity index (χ0v) is 14.3. The molecule has 1 spiro atoms. The summed E-state index contributed by atoms with van der Waals surface area (Å²) in [5.41, 5.74) is 1.32. The van der Waals surface area contributed by atoms with E-state index in [4.69, 9.17) is 4.74 Å². The Hall–Kier alpha value is -1.46. The topological polar surface area (TPSA) is 45.7 Å². The minimum Gasteiger partial charge on any atom is -0.380 e. The number of hydrogen-bond donors (Lipinski definition) is 0. The van der Waals surface area contributed by atoms with E-state index in [1.54, 1.807) is 12.4 Å². The number of carbonyl (C=O) groups excluding carboxylic acids is 1. The van der Waals surface area contributed by atoms with Gasteiger partial charge in [0.25, 0.3) is 0 Å². The number of piperidine rings is 1. The molecule has 0 saturated carbocycles. The molecule has 130 valence electrons. The lowest BCUT2D eigenvalue weighted by atomic mass is 9.79. The fourth-order valence-electron chi connectivity index (χ4n) is 4.63. The lowest BCUT2D eigenvalue weighted by Gasteiger charge is -2.41.